The van der Waals surface area contributed by atoms with Crippen molar-refractivity contribution < 1.29 is 4.74 Å². The van der Waals surface area contributed by atoms with Crippen molar-refractivity contribution in [3.63, 3.8) is 0 Å². The third kappa shape index (κ3) is 4.21. The zero-order valence-corrected chi connectivity index (χ0v) is 15.5. The molecule has 27 heavy (non-hydrogen) atoms. The van der Waals surface area contributed by atoms with Gasteiger partial charge in [0.1, 0.15) is 12.4 Å². The van der Waals surface area contributed by atoms with Crippen LogP contribution in [-0.4, -0.2) is 44.8 Å². The Bertz CT molecular complexity index is 1010. The normalized spacial score (nSPS) is 11.0. The molecule has 0 aliphatic carbocycles. The summed E-state index contributed by atoms with van der Waals surface area (Å²) in [5.41, 5.74) is 2.84. The summed E-state index contributed by atoms with van der Waals surface area (Å²) in [7, 11) is 0. The minimum atomic E-state index is 0.580. The largest absolute Gasteiger partial charge is 0.492 e. The minimum absolute atomic E-state index is 0.580. The number of benzene rings is 2. The van der Waals surface area contributed by atoms with E-state index in [1.807, 2.05) is 48.7 Å². The molecule has 9 heteroatoms. The van der Waals surface area contributed by atoms with Gasteiger partial charge in [0.2, 0.25) is 5.95 Å². The molecule has 0 spiro atoms. The highest BCUT2D eigenvalue weighted by atomic mass is 32.2. The van der Waals surface area contributed by atoms with Crippen molar-refractivity contribution in [2.45, 2.75) is 0 Å². The maximum Gasteiger partial charge on any atom is 0.226 e. The lowest BCUT2D eigenvalue weighted by Gasteiger charge is -2.06. The van der Waals surface area contributed by atoms with E-state index >= 15 is 0 Å². The number of nitrogens with one attached hydrogen (secondary N) is 4. The smallest absolute Gasteiger partial charge is 0.226 e. The van der Waals surface area contributed by atoms with Crippen molar-refractivity contribution in [3.8, 4) is 17.1 Å². The predicted molar refractivity (Wildman–Crippen MR) is 108 cm³/mol. The molecule has 0 aliphatic heterocycles. The van der Waals surface area contributed by atoms with Crippen LogP contribution in [0.25, 0.3) is 22.3 Å². The molecular formula is C18H19N7OS. The summed E-state index contributed by atoms with van der Waals surface area (Å²) in [6.45, 7) is 1.42. The zero-order valence-electron chi connectivity index (χ0n) is 14.7. The highest BCUT2D eigenvalue weighted by Crippen LogP contribution is 2.22. The summed E-state index contributed by atoms with van der Waals surface area (Å²) >= 11 is 1.58. The first kappa shape index (κ1) is 17.4. The molecule has 0 bridgehead atoms. The van der Waals surface area contributed by atoms with Crippen molar-refractivity contribution >= 4 is 34.5 Å². The first-order valence-corrected chi connectivity index (χ1v) is 9.66. The third-order valence-corrected chi connectivity index (χ3v) is 4.43. The minimum Gasteiger partial charge on any atom is -0.492 e. The second kappa shape index (κ2) is 8.11. The van der Waals surface area contributed by atoms with Gasteiger partial charge in [-0.15, -0.1) is 10.2 Å². The van der Waals surface area contributed by atoms with Crippen molar-refractivity contribution in [2.75, 3.05) is 24.7 Å². The Hall–Kier alpha value is -3.04. The van der Waals surface area contributed by atoms with E-state index in [1.54, 1.807) is 18.1 Å². The SMILES string of the molecule is CSNCCOc1ccc(-c2nnc(Nc3ccc4[nH]ncc4c3)[nH]2)cc1. The fraction of sp³-hybridized carbons (Fsp3) is 0.167. The molecule has 0 saturated heterocycles. The number of ether oxygens (including phenoxy) is 1. The van der Waals surface area contributed by atoms with E-state index in [1.165, 1.54) is 0 Å². The number of hydrogen-bond donors (Lipinski definition) is 4. The van der Waals surface area contributed by atoms with E-state index < -0.39 is 0 Å². The number of rotatable bonds is 8. The van der Waals surface area contributed by atoms with Crippen LogP contribution in [0.4, 0.5) is 11.6 Å². The molecule has 4 aromatic rings. The number of aromatic amines is 2. The molecular weight excluding hydrogens is 362 g/mol. The maximum absolute atomic E-state index is 5.67. The Balaban J connectivity index is 1.41. The van der Waals surface area contributed by atoms with Gasteiger partial charge in [-0.3, -0.25) is 9.82 Å². The number of aromatic nitrogens is 5. The lowest BCUT2D eigenvalue weighted by molar-refractivity contribution is 0.324. The number of fused-ring (bicyclic) bond motifs is 1. The maximum atomic E-state index is 5.67. The highest BCUT2D eigenvalue weighted by molar-refractivity contribution is 7.96. The first-order chi connectivity index (χ1) is 13.3. The van der Waals surface area contributed by atoms with Gasteiger partial charge in [0.15, 0.2) is 5.82 Å². The van der Waals surface area contributed by atoms with Gasteiger partial charge in [0, 0.05) is 23.2 Å². The van der Waals surface area contributed by atoms with Gasteiger partial charge in [-0.25, -0.2) is 0 Å². The topological polar surface area (TPSA) is 104 Å². The Kier molecular flexibility index (Phi) is 5.22. The first-order valence-electron chi connectivity index (χ1n) is 8.44. The molecule has 138 valence electrons. The standard InChI is InChI=1S/C18H19N7OS/c1-27-20-8-9-26-15-5-2-12(3-6-15)17-22-18(25-24-17)21-14-4-7-16-13(10-14)11-19-23-16/h2-7,10-11,20H,8-9H2,1H3,(H,19,23)(H2,21,22,24,25). The van der Waals surface area contributed by atoms with Gasteiger partial charge in [0.05, 0.1) is 11.7 Å². The van der Waals surface area contributed by atoms with Crippen molar-refractivity contribution in [2.24, 2.45) is 0 Å². The van der Waals surface area contributed by atoms with Crippen LogP contribution in [0.2, 0.25) is 0 Å². The molecule has 4 N–H and O–H groups in total. The predicted octanol–water partition coefficient (Wildman–Crippen LogP) is 3.34. The van der Waals surface area contributed by atoms with E-state index in [4.69, 9.17) is 4.74 Å². The Morgan fingerprint density at radius 1 is 1.11 bits per heavy atom. The monoisotopic (exact) mass is 381 g/mol. The molecule has 2 aromatic heterocycles. The van der Waals surface area contributed by atoms with Crippen molar-refractivity contribution in [1.82, 2.24) is 30.1 Å². The summed E-state index contributed by atoms with van der Waals surface area (Å²) in [6, 6.07) is 13.7. The van der Waals surface area contributed by atoms with Crippen LogP contribution < -0.4 is 14.8 Å². The third-order valence-electron chi connectivity index (χ3n) is 3.93. The second-order valence-electron chi connectivity index (χ2n) is 5.79. The van der Waals surface area contributed by atoms with Crippen LogP contribution >= 0.6 is 11.9 Å². The Morgan fingerprint density at radius 3 is 2.85 bits per heavy atom. The van der Waals surface area contributed by atoms with Gasteiger partial charge in [0.25, 0.3) is 0 Å². The molecule has 0 radical (unpaired) electrons. The van der Waals surface area contributed by atoms with Gasteiger partial charge in [-0.2, -0.15) is 5.10 Å². The molecule has 0 unspecified atom stereocenters. The average molecular weight is 381 g/mol. The van der Waals surface area contributed by atoms with E-state index in [0.29, 0.717) is 18.4 Å². The quantitative estimate of drug-likeness (QED) is 0.274. The summed E-state index contributed by atoms with van der Waals surface area (Å²) in [5.74, 6) is 2.10. The van der Waals surface area contributed by atoms with E-state index in [-0.39, 0.29) is 0 Å². The average Bonchev–Trinajstić information content (AvgIpc) is 3.35. The van der Waals surface area contributed by atoms with Crippen LogP contribution in [-0.2, 0) is 0 Å². The second-order valence-corrected chi connectivity index (χ2v) is 6.49. The zero-order chi connectivity index (χ0) is 18.5. The van der Waals surface area contributed by atoms with Gasteiger partial charge in [-0.05, 0) is 48.7 Å². The molecule has 0 amide bonds. The van der Waals surface area contributed by atoms with Crippen LogP contribution in [0.15, 0.2) is 48.7 Å². The van der Waals surface area contributed by atoms with Crippen molar-refractivity contribution in [1.29, 1.82) is 0 Å². The van der Waals surface area contributed by atoms with Crippen molar-refractivity contribution in [3.05, 3.63) is 48.7 Å². The molecule has 0 saturated carbocycles. The molecule has 0 fully saturated rings. The summed E-state index contributed by atoms with van der Waals surface area (Å²) in [4.78, 5) is 3.19. The van der Waals surface area contributed by atoms with Crippen LogP contribution in [0, 0.1) is 0 Å². The molecule has 2 heterocycles. The molecule has 4 rings (SSSR count). The fourth-order valence-corrected chi connectivity index (χ4v) is 2.91. The number of nitrogens with zero attached hydrogens (tertiary/aromatic N) is 3. The lowest BCUT2D eigenvalue weighted by atomic mass is 10.2. The Labute approximate surface area is 160 Å². The molecule has 8 nitrogen and oxygen atoms in total. The summed E-state index contributed by atoms with van der Waals surface area (Å²) < 4.78 is 8.81. The number of hydrogen-bond acceptors (Lipinski definition) is 7. The van der Waals surface area contributed by atoms with Crippen LogP contribution in [0.1, 0.15) is 0 Å². The van der Waals surface area contributed by atoms with E-state index in [9.17, 15) is 0 Å². The van der Waals surface area contributed by atoms with Crippen LogP contribution in [0.5, 0.6) is 5.75 Å². The molecule has 2 aromatic carbocycles. The fourth-order valence-electron chi connectivity index (χ4n) is 2.63. The highest BCUT2D eigenvalue weighted by Gasteiger charge is 2.07. The summed E-state index contributed by atoms with van der Waals surface area (Å²) in [6.07, 6.45) is 3.78. The van der Waals surface area contributed by atoms with E-state index in [2.05, 4.69) is 35.4 Å². The van der Waals surface area contributed by atoms with Crippen LogP contribution in [0.3, 0.4) is 0 Å². The molecule has 0 atom stereocenters. The number of anilines is 2. The van der Waals surface area contributed by atoms with E-state index in [0.717, 1.165) is 34.4 Å². The summed E-state index contributed by atoms with van der Waals surface area (Å²) in [5, 5.41) is 19.6. The number of H-pyrrole nitrogens is 2. The van der Waals surface area contributed by atoms with Gasteiger partial charge >= 0.3 is 0 Å². The lowest BCUT2D eigenvalue weighted by Crippen LogP contribution is -2.13. The Morgan fingerprint density at radius 2 is 2.00 bits per heavy atom. The van der Waals surface area contributed by atoms with Gasteiger partial charge < -0.3 is 15.0 Å². The molecule has 0 aliphatic rings. The van der Waals surface area contributed by atoms with Gasteiger partial charge in [-0.1, -0.05) is 11.9 Å².